The van der Waals surface area contributed by atoms with Crippen molar-refractivity contribution in [2.45, 2.75) is 38.1 Å². The topological polar surface area (TPSA) is 70.7 Å². The SMILES string of the molecule is COCC1(CNS(=O)(=O)N2CC3CCC2C3)CCNCC1.Cl. The highest BCUT2D eigenvalue weighted by atomic mass is 35.5. The van der Waals surface area contributed by atoms with Crippen LogP contribution < -0.4 is 10.0 Å². The Bertz CT molecular complexity index is 462. The number of hydrogen-bond donors (Lipinski definition) is 2. The fourth-order valence-corrected chi connectivity index (χ4v) is 5.78. The number of ether oxygens (including phenoxy) is 1. The molecule has 2 N–H and O–H groups in total. The zero-order valence-corrected chi connectivity index (χ0v) is 14.8. The van der Waals surface area contributed by atoms with Crippen molar-refractivity contribution in [3.05, 3.63) is 0 Å². The first kappa shape index (κ1) is 18.4. The van der Waals surface area contributed by atoms with Gasteiger partial charge < -0.3 is 10.1 Å². The van der Waals surface area contributed by atoms with Gasteiger partial charge in [-0.25, -0.2) is 4.72 Å². The van der Waals surface area contributed by atoms with Gasteiger partial charge in [-0.1, -0.05) is 0 Å². The van der Waals surface area contributed by atoms with E-state index in [2.05, 4.69) is 10.0 Å². The fourth-order valence-electron chi connectivity index (χ4n) is 4.14. The number of methoxy groups -OCH3 is 1. The highest BCUT2D eigenvalue weighted by molar-refractivity contribution is 7.87. The van der Waals surface area contributed by atoms with Crippen LogP contribution in [0.3, 0.4) is 0 Å². The first-order chi connectivity index (χ1) is 10.0. The molecule has 3 rings (SSSR count). The molecular formula is C14H28ClN3O3S. The molecule has 0 amide bonds. The Labute approximate surface area is 139 Å². The van der Waals surface area contributed by atoms with Gasteiger partial charge in [-0.15, -0.1) is 12.4 Å². The molecule has 0 radical (unpaired) electrons. The van der Waals surface area contributed by atoms with Crippen LogP contribution in [0.15, 0.2) is 0 Å². The van der Waals surface area contributed by atoms with E-state index in [1.807, 2.05) is 0 Å². The van der Waals surface area contributed by atoms with E-state index in [9.17, 15) is 8.42 Å². The highest BCUT2D eigenvalue weighted by Crippen LogP contribution is 2.39. The first-order valence-corrected chi connectivity index (χ1v) is 9.45. The number of hydrogen-bond acceptors (Lipinski definition) is 4. The molecule has 2 saturated heterocycles. The molecule has 0 aromatic heterocycles. The molecule has 22 heavy (non-hydrogen) atoms. The van der Waals surface area contributed by atoms with Crippen molar-refractivity contribution in [2.75, 3.05) is 39.9 Å². The van der Waals surface area contributed by atoms with Crippen molar-refractivity contribution in [1.29, 1.82) is 0 Å². The molecule has 130 valence electrons. The van der Waals surface area contributed by atoms with E-state index in [0.717, 1.165) is 38.8 Å². The molecule has 1 saturated carbocycles. The minimum absolute atomic E-state index is 0. The Balaban J connectivity index is 0.00000176. The molecule has 8 heteroatoms. The van der Waals surface area contributed by atoms with Gasteiger partial charge in [-0.05, 0) is 51.1 Å². The highest BCUT2D eigenvalue weighted by Gasteiger charge is 2.44. The lowest BCUT2D eigenvalue weighted by molar-refractivity contribution is 0.0573. The van der Waals surface area contributed by atoms with E-state index in [0.29, 0.717) is 25.6 Å². The van der Waals surface area contributed by atoms with E-state index < -0.39 is 10.2 Å². The predicted octanol–water partition coefficient (Wildman–Crippen LogP) is 0.743. The Morgan fingerprint density at radius 1 is 1.32 bits per heavy atom. The number of fused-ring (bicyclic) bond motifs is 2. The number of piperidine rings is 2. The quantitative estimate of drug-likeness (QED) is 0.739. The number of halogens is 1. The molecule has 3 aliphatic rings. The minimum atomic E-state index is -3.34. The number of rotatable bonds is 6. The average molecular weight is 354 g/mol. The molecule has 3 fully saturated rings. The Morgan fingerprint density at radius 3 is 2.59 bits per heavy atom. The van der Waals surface area contributed by atoms with Crippen LogP contribution in [0, 0.1) is 11.3 Å². The van der Waals surface area contributed by atoms with Crippen molar-refractivity contribution >= 4 is 22.6 Å². The monoisotopic (exact) mass is 353 g/mol. The lowest BCUT2D eigenvalue weighted by atomic mass is 9.80. The fraction of sp³-hybridized carbons (Fsp3) is 1.00. The third kappa shape index (κ3) is 3.76. The standard InChI is InChI=1S/C14H27N3O3S.ClH/c1-20-11-14(4-6-15-7-5-14)10-16-21(18,19)17-9-12-2-3-13(17)8-12;/h12-13,15-16H,2-11H2,1H3;1H. The molecule has 6 nitrogen and oxygen atoms in total. The van der Waals surface area contributed by atoms with Gasteiger partial charge in [-0.3, -0.25) is 0 Å². The third-order valence-corrected chi connectivity index (χ3v) is 6.99. The van der Waals surface area contributed by atoms with Gasteiger partial charge in [0.25, 0.3) is 10.2 Å². The normalized spacial score (nSPS) is 31.1. The third-order valence-electron chi connectivity index (χ3n) is 5.41. The lowest BCUT2D eigenvalue weighted by Crippen LogP contribution is -2.51. The molecular weight excluding hydrogens is 326 g/mol. The Hall–Kier alpha value is 0.0800. The number of nitrogens with one attached hydrogen (secondary N) is 2. The maximum absolute atomic E-state index is 12.6. The van der Waals surface area contributed by atoms with Crippen LogP contribution in [0.25, 0.3) is 0 Å². The van der Waals surface area contributed by atoms with Crippen molar-refractivity contribution < 1.29 is 13.2 Å². The second-order valence-electron chi connectivity index (χ2n) is 6.91. The van der Waals surface area contributed by atoms with E-state index in [1.54, 1.807) is 11.4 Å². The summed E-state index contributed by atoms with van der Waals surface area (Å²) in [6.07, 6.45) is 5.17. The summed E-state index contributed by atoms with van der Waals surface area (Å²) in [5.74, 6) is 0.582. The molecule has 1 aliphatic carbocycles. The maximum atomic E-state index is 12.6. The van der Waals surface area contributed by atoms with E-state index in [-0.39, 0.29) is 23.9 Å². The molecule has 0 aromatic rings. The molecule has 0 spiro atoms. The predicted molar refractivity (Wildman–Crippen MR) is 88.4 cm³/mol. The lowest BCUT2D eigenvalue weighted by Gasteiger charge is -2.38. The Kier molecular flexibility index (Phi) is 6.13. The van der Waals surface area contributed by atoms with Crippen LogP contribution in [0.2, 0.25) is 0 Å². The summed E-state index contributed by atoms with van der Waals surface area (Å²) in [6, 6.07) is 0.235. The van der Waals surface area contributed by atoms with Crippen LogP contribution in [0.4, 0.5) is 0 Å². The van der Waals surface area contributed by atoms with E-state index >= 15 is 0 Å². The largest absolute Gasteiger partial charge is 0.384 e. The summed E-state index contributed by atoms with van der Waals surface area (Å²) in [4.78, 5) is 0. The summed E-state index contributed by atoms with van der Waals surface area (Å²) in [5.41, 5.74) is -0.0637. The van der Waals surface area contributed by atoms with Gasteiger partial charge in [0, 0.05) is 31.7 Å². The molecule has 2 heterocycles. The smallest absolute Gasteiger partial charge is 0.279 e. The van der Waals surface area contributed by atoms with Gasteiger partial charge >= 0.3 is 0 Å². The average Bonchev–Trinajstić information content (AvgIpc) is 3.10. The van der Waals surface area contributed by atoms with Crippen molar-refractivity contribution in [3.8, 4) is 0 Å². The van der Waals surface area contributed by atoms with Crippen LogP contribution in [-0.2, 0) is 14.9 Å². The summed E-state index contributed by atoms with van der Waals surface area (Å²) < 4.78 is 35.1. The molecule has 0 aromatic carbocycles. The van der Waals surface area contributed by atoms with Gasteiger partial charge in [0.05, 0.1) is 6.61 Å². The molecule has 2 bridgehead atoms. The van der Waals surface area contributed by atoms with Gasteiger partial charge in [-0.2, -0.15) is 12.7 Å². The van der Waals surface area contributed by atoms with Gasteiger partial charge in [0.15, 0.2) is 0 Å². The second kappa shape index (κ2) is 7.32. The van der Waals surface area contributed by atoms with Crippen molar-refractivity contribution in [2.24, 2.45) is 11.3 Å². The molecule has 2 aliphatic heterocycles. The van der Waals surface area contributed by atoms with Crippen LogP contribution in [-0.4, -0.2) is 58.7 Å². The number of nitrogens with zero attached hydrogens (tertiary/aromatic N) is 1. The summed E-state index contributed by atoms with van der Waals surface area (Å²) in [6.45, 7) is 3.67. The van der Waals surface area contributed by atoms with Crippen molar-refractivity contribution in [1.82, 2.24) is 14.3 Å². The minimum Gasteiger partial charge on any atom is -0.384 e. The van der Waals surface area contributed by atoms with Crippen LogP contribution >= 0.6 is 12.4 Å². The molecule has 2 atom stereocenters. The van der Waals surface area contributed by atoms with E-state index in [4.69, 9.17) is 4.74 Å². The van der Waals surface area contributed by atoms with Crippen LogP contribution in [0.5, 0.6) is 0 Å². The second-order valence-corrected chi connectivity index (χ2v) is 8.62. The van der Waals surface area contributed by atoms with Gasteiger partial charge in [0.2, 0.25) is 0 Å². The Morgan fingerprint density at radius 2 is 2.05 bits per heavy atom. The summed E-state index contributed by atoms with van der Waals surface area (Å²) in [5, 5.41) is 3.33. The molecule has 2 unspecified atom stereocenters. The van der Waals surface area contributed by atoms with Crippen LogP contribution in [0.1, 0.15) is 32.1 Å². The van der Waals surface area contributed by atoms with Crippen molar-refractivity contribution in [3.63, 3.8) is 0 Å². The van der Waals surface area contributed by atoms with Gasteiger partial charge in [0.1, 0.15) is 0 Å². The summed E-state index contributed by atoms with van der Waals surface area (Å²) >= 11 is 0. The van der Waals surface area contributed by atoms with E-state index in [1.165, 1.54) is 6.42 Å². The summed E-state index contributed by atoms with van der Waals surface area (Å²) in [7, 11) is -1.65. The zero-order valence-electron chi connectivity index (χ0n) is 13.2. The zero-order chi connectivity index (χ0) is 14.9. The maximum Gasteiger partial charge on any atom is 0.279 e. The first-order valence-electron chi connectivity index (χ1n) is 8.01.